The van der Waals surface area contributed by atoms with E-state index in [0.717, 1.165) is 19.0 Å². The Kier molecular flexibility index (Phi) is 3.12. The number of hydrogen-bond acceptors (Lipinski definition) is 1. The molecular formula is C12H16IN. The minimum Gasteiger partial charge on any atom is -0.295 e. The van der Waals surface area contributed by atoms with E-state index in [4.69, 9.17) is 0 Å². The molecule has 0 fully saturated rings. The maximum Gasteiger partial charge on any atom is 0.0241 e. The molecule has 0 aromatic heterocycles. The highest BCUT2D eigenvalue weighted by Crippen LogP contribution is 2.24. The summed E-state index contributed by atoms with van der Waals surface area (Å²) in [6, 6.07) is 6.80. The van der Waals surface area contributed by atoms with E-state index in [1.54, 1.807) is 0 Å². The van der Waals surface area contributed by atoms with Gasteiger partial charge in [0, 0.05) is 23.2 Å². The smallest absolute Gasteiger partial charge is 0.0241 e. The molecule has 1 aliphatic rings. The van der Waals surface area contributed by atoms with Gasteiger partial charge in [0.25, 0.3) is 0 Å². The van der Waals surface area contributed by atoms with Crippen LogP contribution in [0.4, 0.5) is 0 Å². The summed E-state index contributed by atoms with van der Waals surface area (Å²) in [6.07, 6.45) is 0. The lowest BCUT2D eigenvalue weighted by atomic mass is 10.1. The fourth-order valence-corrected chi connectivity index (χ4v) is 2.63. The summed E-state index contributed by atoms with van der Waals surface area (Å²) in [4.78, 5) is 2.53. The van der Waals surface area contributed by atoms with Crippen molar-refractivity contribution in [3.05, 3.63) is 32.9 Å². The summed E-state index contributed by atoms with van der Waals surface area (Å²) >= 11 is 2.39. The minimum absolute atomic E-state index is 0.767. The molecule has 14 heavy (non-hydrogen) atoms. The van der Waals surface area contributed by atoms with Crippen molar-refractivity contribution in [1.29, 1.82) is 0 Å². The fourth-order valence-electron chi connectivity index (χ4n) is 2.08. The first-order chi connectivity index (χ1) is 6.65. The van der Waals surface area contributed by atoms with Crippen LogP contribution in [0.25, 0.3) is 0 Å². The quantitative estimate of drug-likeness (QED) is 0.758. The number of hydrogen-bond donors (Lipinski definition) is 0. The lowest BCUT2D eigenvalue weighted by Gasteiger charge is -2.16. The van der Waals surface area contributed by atoms with E-state index in [0.29, 0.717) is 0 Å². The van der Waals surface area contributed by atoms with Crippen LogP contribution in [0.1, 0.15) is 25.0 Å². The summed E-state index contributed by atoms with van der Waals surface area (Å²) in [5.41, 5.74) is 3.05. The molecule has 1 aliphatic heterocycles. The van der Waals surface area contributed by atoms with Gasteiger partial charge in [-0.25, -0.2) is 0 Å². The number of benzene rings is 1. The molecule has 1 aromatic carbocycles. The van der Waals surface area contributed by atoms with Gasteiger partial charge >= 0.3 is 0 Å². The summed E-state index contributed by atoms with van der Waals surface area (Å²) in [5.74, 6) is 0.767. The van der Waals surface area contributed by atoms with Crippen LogP contribution < -0.4 is 0 Å². The van der Waals surface area contributed by atoms with Gasteiger partial charge in [-0.05, 0) is 51.8 Å². The normalized spacial score (nSPS) is 16.3. The maximum atomic E-state index is 2.53. The van der Waals surface area contributed by atoms with Crippen LogP contribution in [0.5, 0.6) is 0 Å². The van der Waals surface area contributed by atoms with Crippen LogP contribution in [0.2, 0.25) is 0 Å². The van der Waals surface area contributed by atoms with Crippen molar-refractivity contribution in [1.82, 2.24) is 4.90 Å². The molecular weight excluding hydrogens is 285 g/mol. The van der Waals surface area contributed by atoms with Crippen molar-refractivity contribution >= 4 is 22.6 Å². The molecule has 0 N–H and O–H groups in total. The molecule has 0 aliphatic carbocycles. The van der Waals surface area contributed by atoms with Crippen LogP contribution in [0, 0.1) is 9.49 Å². The number of rotatable bonds is 2. The second-order valence-corrected chi connectivity index (χ2v) is 5.72. The van der Waals surface area contributed by atoms with Crippen LogP contribution >= 0.6 is 22.6 Å². The molecule has 0 radical (unpaired) electrons. The summed E-state index contributed by atoms with van der Waals surface area (Å²) in [6.45, 7) is 8.07. The Morgan fingerprint density at radius 2 is 2.00 bits per heavy atom. The van der Waals surface area contributed by atoms with Crippen LogP contribution in [-0.2, 0) is 13.1 Å². The lowest BCUT2D eigenvalue weighted by molar-refractivity contribution is 0.251. The van der Waals surface area contributed by atoms with E-state index < -0.39 is 0 Å². The van der Waals surface area contributed by atoms with E-state index >= 15 is 0 Å². The second-order valence-electron chi connectivity index (χ2n) is 4.48. The van der Waals surface area contributed by atoms with E-state index in [1.807, 2.05) is 0 Å². The van der Waals surface area contributed by atoms with Crippen molar-refractivity contribution < 1.29 is 0 Å². The SMILES string of the molecule is CC(C)CN1Cc2ccc(I)cc2C1. The zero-order valence-corrected chi connectivity index (χ0v) is 10.9. The molecule has 0 unspecified atom stereocenters. The molecule has 0 bridgehead atoms. The fraction of sp³-hybridized carbons (Fsp3) is 0.500. The molecule has 0 atom stereocenters. The Hall–Kier alpha value is -0.0900. The highest BCUT2D eigenvalue weighted by atomic mass is 127. The minimum atomic E-state index is 0.767. The van der Waals surface area contributed by atoms with Gasteiger partial charge < -0.3 is 0 Å². The molecule has 1 nitrogen and oxygen atoms in total. The Bertz CT molecular complexity index is 333. The Morgan fingerprint density at radius 3 is 2.71 bits per heavy atom. The predicted molar refractivity (Wildman–Crippen MR) is 68.1 cm³/mol. The predicted octanol–water partition coefficient (Wildman–Crippen LogP) is 3.26. The third-order valence-electron chi connectivity index (χ3n) is 2.58. The molecule has 1 aromatic rings. The van der Waals surface area contributed by atoms with Crippen molar-refractivity contribution in [2.75, 3.05) is 6.54 Å². The first-order valence-electron chi connectivity index (χ1n) is 5.15. The maximum absolute atomic E-state index is 2.53. The topological polar surface area (TPSA) is 3.24 Å². The average Bonchev–Trinajstić information content (AvgIpc) is 2.44. The zero-order chi connectivity index (χ0) is 10.1. The van der Waals surface area contributed by atoms with Crippen molar-refractivity contribution in [3.8, 4) is 0 Å². The molecule has 0 spiro atoms. The first-order valence-corrected chi connectivity index (χ1v) is 6.22. The van der Waals surface area contributed by atoms with Gasteiger partial charge in [-0.15, -0.1) is 0 Å². The zero-order valence-electron chi connectivity index (χ0n) is 8.76. The van der Waals surface area contributed by atoms with Gasteiger partial charge in [-0.1, -0.05) is 19.9 Å². The number of nitrogens with zero attached hydrogens (tertiary/aromatic N) is 1. The molecule has 1 heterocycles. The molecule has 2 heteroatoms. The molecule has 0 saturated heterocycles. The van der Waals surface area contributed by atoms with E-state index in [9.17, 15) is 0 Å². The van der Waals surface area contributed by atoms with E-state index in [-0.39, 0.29) is 0 Å². The standard InChI is InChI=1S/C12H16IN/c1-9(2)6-14-7-10-3-4-12(13)5-11(10)8-14/h3-5,9H,6-8H2,1-2H3. The van der Waals surface area contributed by atoms with Crippen molar-refractivity contribution in [2.24, 2.45) is 5.92 Å². The summed E-state index contributed by atoms with van der Waals surface area (Å²) < 4.78 is 1.35. The summed E-state index contributed by atoms with van der Waals surface area (Å²) in [7, 11) is 0. The highest BCUT2D eigenvalue weighted by Gasteiger charge is 2.18. The Balaban J connectivity index is 2.10. The van der Waals surface area contributed by atoms with Gasteiger partial charge in [-0.3, -0.25) is 4.90 Å². The largest absolute Gasteiger partial charge is 0.295 e. The molecule has 76 valence electrons. The molecule has 0 saturated carbocycles. The highest BCUT2D eigenvalue weighted by molar-refractivity contribution is 14.1. The van der Waals surface area contributed by atoms with Crippen LogP contribution in [0.3, 0.4) is 0 Å². The van der Waals surface area contributed by atoms with Crippen LogP contribution in [0.15, 0.2) is 18.2 Å². The molecule has 2 rings (SSSR count). The third-order valence-corrected chi connectivity index (χ3v) is 3.25. The van der Waals surface area contributed by atoms with Crippen molar-refractivity contribution in [3.63, 3.8) is 0 Å². The Labute approximate surface area is 99.6 Å². The van der Waals surface area contributed by atoms with Crippen molar-refractivity contribution in [2.45, 2.75) is 26.9 Å². The number of fused-ring (bicyclic) bond motifs is 1. The van der Waals surface area contributed by atoms with E-state index in [1.165, 1.54) is 21.2 Å². The summed E-state index contributed by atoms with van der Waals surface area (Å²) in [5, 5.41) is 0. The van der Waals surface area contributed by atoms with Gasteiger partial charge in [-0.2, -0.15) is 0 Å². The molecule has 0 amide bonds. The van der Waals surface area contributed by atoms with Gasteiger partial charge in [0.05, 0.1) is 0 Å². The lowest BCUT2D eigenvalue weighted by Crippen LogP contribution is -2.21. The van der Waals surface area contributed by atoms with Crippen LogP contribution in [-0.4, -0.2) is 11.4 Å². The van der Waals surface area contributed by atoms with Gasteiger partial charge in [0.15, 0.2) is 0 Å². The second kappa shape index (κ2) is 4.19. The average molecular weight is 301 g/mol. The monoisotopic (exact) mass is 301 g/mol. The van der Waals surface area contributed by atoms with E-state index in [2.05, 4.69) is 59.5 Å². The Morgan fingerprint density at radius 1 is 1.29 bits per heavy atom. The first kappa shape index (κ1) is 10.4. The number of halogens is 1. The van der Waals surface area contributed by atoms with Gasteiger partial charge in [0.2, 0.25) is 0 Å². The third kappa shape index (κ3) is 2.28. The van der Waals surface area contributed by atoms with Gasteiger partial charge in [0.1, 0.15) is 0 Å².